The molecule has 0 spiro atoms. The van der Waals surface area contributed by atoms with Crippen molar-refractivity contribution in [1.29, 1.82) is 0 Å². The van der Waals surface area contributed by atoms with E-state index >= 15 is 0 Å². The normalized spacial score (nSPS) is 12.3. The van der Waals surface area contributed by atoms with E-state index in [1.807, 2.05) is 33.0 Å². The molecular formula is C18H30N2O2. The number of amides is 1. The van der Waals surface area contributed by atoms with Crippen LogP contribution in [0.25, 0.3) is 0 Å². The second-order valence-corrected chi connectivity index (χ2v) is 6.43. The van der Waals surface area contributed by atoms with Gasteiger partial charge in [-0.3, -0.25) is 4.79 Å². The molecule has 0 aliphatic heterocycles. The first-order chi connectivity index (χ1) is 10.3. The maximum absolute atomic E-state index is 12.1. The van der Waals surface area contributed by atoms with Gasteiger partial charge in [0, 0.05) is 19.6 Å². The molecule has 0 saturated carbocycles. The van der Waals surface area contributed by atoms with Gasteiger partial charge in [0.15, 0.2) is 0 Å². The van der Waals surface area contributed by atoms with Crippen molar-refractivity contribution in [1.82, 2.24) is 4.90 Å². The van der Waals surface area contributed by atoms with Gasteiger partial charge in [0.25, 0.3) is 0 Å². The number of aryl methyl sites for hydroxylation is 2. The number of ether oxygens (including phenoxy) is 1. The Morgan fingerprint density at radius 2 is 1.82 bits per heavy atom. The van der Waals surface area contributed by atoms with E-state index in [9.17, 15) is 4.79 Å². The largest absolute Gasteiger partial charge is 0.493 e. The highest BCUT2D eigenvalue weighted by Crippen LogP contribution is 2.16. The van der Waals surface area contributed by atoms with E-state index in [2.05, 4.69) is 19.9 Å². The van der Waals surface area contributed by atoms with Crippen LogP contribution < -0.4 is 10.5 Å². The highest BCUT2D eigenvalue weighted by molar-refractivity contribution is 5.75. The van der Waals surface area contributed by atoms with E-state index in [4.69, 9.17) is 10.5 Å². The van der Waals surface area contributed by atoms with Crippen molar-refractivity contribution in [3.05, 3.63) is 29.3 Å². The van der Waals surface area contributed by atoms with Gasteiger partial charge in [0.2, 0.25) is 5.91 Å². The zero-order valence-electron chi connectivity index (χ0n) is 14.6. The number of carbonyl (C=O) groups excluding carboxylic acids is 1. The predicted molar refractivity (Wildman–Crippen MR) is 91.1 cm³/mol. The predicted octanol–water partition coefficient (Wildman–Crippen LogP) is 2.90. The number of nitrogens with two attached hydrogens (primary N) is 1. The molecular weight excluding hydrogens is 276 g/mol. The third kappa shape index (κ3) is 6.48. The van der Waals surface area contributed by atoms with Crippen molar-refractivity contribution in [2.24, 2.45) is 11.7 Å². The van der Waals surface area contributed by atoms with Crippen LogP contribution in [-0.2, 0) is 4.79 Å². The SMILES string of the molecule is Cc1cc(C)cc(OCCC(=O)N(C)CCC(N)C(C)C)c1. The quantitative estimate of drug-likeness (QED) is 0.803. The van der Waals surface area contributed by atoms with Gasteiger partial charge in [-0.25, -0.2) is 0 Å². The smallest absolute Gasteiger partial charge is 0.225 e. The summed E-state index contributed by atoms with van der Waals surface area (Å²) in [6.45, 7) is 9.38. The van der Waals surface area contributed by atoms with E-state index in [0.717, 1.165) is 12.2 Å². The number of hydrogen-bond donors (Lipinski definition) is 1. The minimum atomic E-state index is 0.0975. The topological polar surface area (TPSA) is 55.6 Å². The third-order valence-corrected chi connectivity index (χ3v) is 3.86. The number of benzene rings is 1. The van der Waals surface area contributed by atoms with Gasteiger partial charge in [-0.1, -0.05) is 19.9 Å². The number of hydrogen-bond acceptors (Lipinski definition) is 3. The molecule has 1 unspecified atom stereocenters. The number of rotatable bonds is 8. The second kappa shape index (κ2) is 8.79. The summed E-state index contributed by atoms with van der Waals surface area (Å²) in [6, 6.07) is 6.22. The highest BCUT2D eigenvalue weighted by atomic mass is 16.5. The second-order valence-electron chi connectivity index (χ2n) is 6.43. The van der Waals surface area contributed by atoms with Gasteiger partial charge in [-0.05, 0) is 49.4 Å². The molecule has 4 heteroatoms. The Hall–Kier alpha value is -1.55. The first kappa shape index (κ1) is 18.5. The maximum atomic E-state index is 12.1. The minimum absolute atomic E-state index is 0.0975. The molecule has 124 valence electrons. The summed E-state index contributed by atoms with van der Waals surface area (Å²) in [4.78, 5) is 13.8. The van der Waals surface area contributed by atoms with Crippen LogP contribution in [0.4, 0.5) is 0 Å². The number of nitrogens with zero attached hydrogens (tertiary/aromatic N) is 1. The lowest BCUT2D eigenvalue weighted by molar-refractivity contribution is -0.130. The third-order valence-electron chi connectivity index (χ3n) is 3.86. The average Bonchev–Trinajstić information content (AvgIpc) is 2.42. The Morgan fingerprint density at radius 1 is 1.23 bits per heavy atom. The van der Waals surface area contributed by atoms with Gasteiger partial charge in [0.05, 0.1) is 13.0 Å². The molecule has 0 bridgehead atoms. The van der Waals surface area contributed by atoms with Crippen LogP contribution in [0.3, 0.4) is 0 Å². The van der Waals surface area contributed by atoms with Crippen LogP contribution in [0.1, 0.15) is 37.8 Å². The lowest BCUT2D eigenvalue weighted by Crippen LogP contribution is -2.35. The highest BCUT2D eigenvalue weighted by Gasteiger charge is 2.12. The van der Waals surface area contributed by atoms with Crippen LogP contribution in [-0.4, -0.2) is 37.0 Å². The molecule has 2 N–H and O–H groups in total. The van der Waals surface area contributed by atoms with E-state index in [-0.39, 0.29) is 11.9 Å². The fraction of sp³-hybridized carbons (Fsp3) is 0.611. The van der Waals surface area contributed by atoms with E-state index in [1.54, 1.807) is 4.90 Å². The van der Waals surface area contributed by atoms with E-state index in [1.165, 1.54) is 11.1 Å². The van der Waals surface area contributed by atoms with Crippen molar-refractivity contribution < 1.29 is 9.53 Å². The molecule has 22 heavy (non-hydrogen) atoms. The van der Waals surface area contributed by atoms with Crippen molar-refractivity contribution in [3.63, 3.8) is 0 Å². The van der Waals surface area contributed by atoms with E-state index < -0.39 is 0 Å². The van der Waals surface area contributed by atoms with Gasteiger partial charge in [0.1, 0.15) is 5.75 Å². The summed E-state index contributed by atoms with van der Waals surface area (Å²) in [5.41, 5.74) is 8.34. The zero-order chi connectivity index (χ0) is 16.7. The Balaban J connectivity index is 2.33. The number of carbonyl (C=O) groups is 1. The summed E-state index contributed by atoms with van der Waals surface area (Å²) in [5.74, 6) is 1.37. The molecule has 0 heterocycles. The first-order valence-corrected chi connectivity index (χ1v) is 8.00. The molecule has 4 nitrogen and oxygen atoms in total. The monoisotopic (exact) mass is 306 g/mol. The molecule has 1 amide bonds. The lowest BCUT2D eigenvalue weighted by atomic mass is 10.0. The molecule has 1 aromatic rings. The molecule has 0 aromatic heterocycles. The summed E-state index contributed by atoms with van der Waals surface area (Å²) in [5, 5.41) is 0. The average molecular weight is 306 g/mol. The van der Waals surface area contributed by atoms with Crippen LogP contribution >= 0.6 is 0 Å². The lowest BCUT2D eigenvalue weighted by Gasteiger charge is -2.21. The summed E-state index contributed by atoms with van der Waals surface area (Å²) in [7, 11) is 1.83. The standard InChI is InChI=1S/C18H30N2O2/c1-13(2)17(19)6-8-20(5)18(21)7-9-22-16-11-14(3)10-15(4)12-16/h10-13,17H,6-9,19H2,1-5H3. The molecule has 0 radical (unpaired) electrons. The van der Waals surface area contributed by atoms with Gasteiger partial charge in [-0.15, -0.1) is 0 Å². The molecule has 0 saturated heterocycles. The Labute approximate surface area is 134 Å². The zero-order valence-corrected chi connectivity index (χ0v) is 14.6. The van der Waals surface area contributed by atoms with E-state index in [0.29, 0.717) is 25.5 Å². The Bertz CT molecular complexity index is 466. The summed E-state index contributed by atoms with van der Waals surface area (Å²) in [6.07, 6.45) is 1.22. The van der Waals surface area contributed by atoms with Gasteiger partial charge >= 0.3 is 0 Å². The van der Waals surface area contributed by atoms with Crippen molar-refractivity contribution >= 4 is 5.91 Å². The van der Waals surface area contributed by atoms with Crippen molar-refractivity contribution in [3.8, 4) is 5.75 Å². The fourth-order valence-electron chi connectivity index (χ4n) is 2.26. The molecule has 0 aliphatic rings. The molecule has 1 rings (SSSR count). The minimum Gasteiger partial charge on any atom is -0.493 e. The van der Waals surface area contributed by atoms with Gasteiger partial charge < -0.3 is 15.4 Å². The summed E-state index contributed by atoms with van der Waals surface area (Å²) >= 11 is 0. The van der Waals surface area contributed by atoms with Crippen LogP contribution in [0.15, 0.2) is 18.2 Å². The molecule has 0 fully saturated rings. The summed E-state index contributed by atoms with van der Waals surface area (Å²) < 4.78 is 5.68. The van der Waals surface area contributed by atoms with Crippen LogP contribution in [0.5, 0.6) is 5.75 Å². The maximum Gasteiger partial charge on any atom is 0.225 e. The molecule has 1 aromatic carbocycles. The van der Waals surface area contributed by atoms with Crippen molar-refractivity contribution in [2.75, 3.05) is 20.2 Å². The van der Waals surface area contributed by atoms with Gasteiger partial charge in [-0.2, -0.15) is 0 Å². The Kier molecular flexibility index (Phi) is 7.39. The molecule has 0 aliphatic carbocycles. The Morgan fingerprint density at radius 3 is 2.36 bits per heavy atom. The van der Waals surface area contributed by atoms with Crippen LogP contribution in [0.2, 0.25) is 0 Å². The van der Waals surface area contributed by atoms with Crippen molar-refractivity contribution in [2.45, 2.75) is 46.6 Å². The first-order valence-electron chi connectivity index (χ1n) is 8.00. The molecule has 1 atom stereocenters. The van der Waals surface area contributed by atoms with Crippen LogP contribution in [0, 0.1) is 19.8 Å². The fourth-order valence-corrected chi connectivity index (χ4v) is 2.26.